The number of anilines is 1. The van der Waals surface area contributed by atoms with Gasteiger partial charge in [-0.15, -0.1) is 0 Å². The number of carbonyl (C=O) groups excluding carboxylic acids is 1. The summed E-state index contributed by atoms with van der Waals surface area (Å²) in [6.45, 7) is 0. The number of hydrogen-bond acceptors (Lipinski definition) is 2. The minimum absolute atomic E-state index is 0.0628. The molecule has 0 spiro atoms. The van der Waals surface area contributed by atoms with Crippen LogP contribution in [0.15, 0.2) is 24.3 Å². The molecule has 1 aliphatic carbocycles. The van der Waals surface area contributed by atoms with Gasteiger partial charge in [0, 0.05) is 9.99 Å². The lowest BCUT2D eigenvalue weighted by atomic mass is 9.82. The van der Waals surface area contributed by atoms with Crippen LogP contribution < -0.4 is 5.32 Å². The Balaban J connectivity index is 2.05. The summed E-state index contributed by atoms with van der Waals surface area (Å²) in [6.07, 6.45) is 3.04. The van der Waals surface area contributed by atoms with E-state index in [1.54, 1.807) is 0 Å². The molecule has 0 saturated heterocycles. The quantitative estimate of drug-likeness (QED) is 0.797. The fraction of sp³-hybridized carbons (Fsp3) is 0.429. The van der Waals surface area contributed by atoms with Gasteiger partial charge in [-0.25, -0.2) is 0 Å². The number of benzene rings is 1. The molecule has 1 aromatic carbocycles. The molecule has 1 fully saturated rings. The average molecular weight is 373 g/mol. The van der Waals surface area contributed by atoms with Crippen LogP contribution in [0.4, 0.5) is 5.69 Å². The summed E-state index contributed by atoms with van der Waals surface area (Å²) in [4.78, 5) is 23.4. The van der Waals surface area contributed by atoms with Gasteiger partial charge >= 0.3 is 5.97 Å². The molecule has 0 aliphatic heterocycles. The maximum absolute atomic E-state index is 12.1. The van der Waals surface area contributed by atoms with E-state index in [0.29, 0.717) is 12.8 Å². The standard InChI is InChI=1S/C14H16INO3/c15-10-5-1-2-6-11(10)16-12(17)9-14(13(18)19)7-3-4-8-14/h1-2,5-6H,3-4,7-9H2,(H,16,17)(H,18,19). The first-order valence-electron chi connectivity index (χ1n) is 6.31. The van der Waals surface area contributed by atoms with E-state index in [0.717, 1.165) is 22.1 Å². The van der Waals surface area contributed by atoms with Gasteiger partial charge < -0.3 is 10.4 Å². The molecule has 0 atom stereocenters. The fourth-order valence-electron chi connectivity index (χ4n) is 2.58. The summed E-state index contributed by atoms with van der Waals surface area (Å²) in [5, 5.41) is 12.2. The molecule has 2 rings (SSSR count). The van der Waals surface area contributed by atoms with Crippen molar-refractivity contribution in [2.24, 2.45) is 5.41 Å². The zero-order valence-electron chi connectivity index (χ0n) is 10.5. The van der Waals surface area contributed by atoms with E-state index >= 15 is 0 Å². The molecule has 5 heteroatoms. The zero-order chi connectivity index (χ0) is 13.9. The van der Waals surface area contributed by atoms with Crippen LogP contribution in [-0.4, -0.2) is 17.0 Å². The molecule has 4 nitrogen and oxygen atoms in total. The highest BCUT2D eigenvalue weighted by atomic mass is 127. The van der Waals surface area contributed by atoms with Crippen molar-refractivity contribution in [2.75, 3.05) is 5.32 Å². The number of halogens is 1. The Hall–Kier alpha value is -1.11. The number of aliphatic carboxylic acids is 1. The highest BCUT2D eigenvalue weighted by Gasteiger charge is 2.42. The Morgan fingerprint density at radius 3 is 2.47 bits per heavy atom. The van der Waals surface area contributed by atoms with E-state index in [1.165, 1.54) is 0 Å². The highest BCUT2D eigenvalue weighted by molar-refractivity contribution is 14.1. The van der Waals surface area contributed by atoms with Gasteiger partial charge in [0.25, 0.3) is 0 Å². The molecular formula is C14H16INO3. The van der Waals surface area contributed by atoms with Crippen molar-refractivity contribution < 1.29 is 14.7 Å². The first kappa shape index (κ1) is 14.3. The van der Waals surface area contributed by atoms with Crippen molar-refractivity contribution >= 4 is 40.2 Å². The van der Waals surface area contributed by atoms with Crippen LogP contribution in [0.25, 0.3) is 0 Å². The van der Waals surface area contributed by atoms with Crippen molar-refractivity contribution in [1.29, 1.82) is 0 Å². The van der Waals surface area contributed by atoms with Crippen molar-refractivity contribution in [2.45, 2.75) is 32.1 Å². The third kappa shape index (κ3) is 3.26. The number of amides is 1. The Morgan fingerprint density at radius 1 is 1.26 bits per heavy atom. The van der Waals surface area contributed by atoms with E-state index in [4.69, 9.17) is 0 Å². The normalized spacial score (nSPS) is 17.1. The van der Waals surface area contributed by atoms with Gasteiger partial charge in [0.1, 0.15) is 0 Å². The van der Waals surface area contributed by atoms with Gasteiger partial charge in [-0.05, 0) is 47.6 Å². The zero-order valence-corrected chi connectivity index (χ0v) is 12.6. The number of rotatable bonds is 4. The second-order valence-corrected chi connectivity index (χ2v) is 6.16. The minimum atomic E-state index is -0.857. The van der Waals surface area contributed by atoms with Crippen LogP contribution >= 0.6 is 22.6 Å². The number of para-hydroxylation sites is 1. The van der Waals surface area contributed by atoms with Crippen LogP contribution in [0.2, 0.25) is 0 Å². The monoisotopic (exact) mass is 373 g/mol. The maximum Gasteiger partial charge on any atom is 0.310 e. The van der Waals surface area contributed by atoms with Crippen LogP contribution in [0.3, 0.4) is 0 Å². The minimum Gasteiger partial charge on any atom is -0.481 e. The van der Waals surface area contributed by atoms with Crippen molar-refractivity contribution in [1.82, 2.24) is 0 Å². The van der Waals surface area contributed by atoms with E-state index < -0.39 is 11.4 Å². The largest absolute Gasteiger partial charge is 0.481 e. The molecule has 1 saturated carbocycles. The number of nitrogens with one attached hydrogen (secondary N) is 1. The summed E-state index contributed by atoms with van der Waals surface area (Å²) in [5.74, 6) is -1.06. The van der Waals surface area contributed by atoms with E-state index in [9.17, 15) is 14.7 Å². The molecule has 1 aromatic rings. The van der Waals surface area contributed by atoms with Gasteiger partial charge in [-0.2, -0.15) is 0 Å². The molecule has 19 heavy (non-hydrogen) atoms. The number of carboxylic acids is 1. The van der Waals surface area contributed by atoms with Gasteiger partial charge in [0.2, 0.25) is 5.91 Å². The molecule has 0 unspecified atom stereocenters. The Kier molecular flexibility index (Phi) is 4.44. The third-order valence-electron chi connectivity index (χ3n) is 3.66. The molecular weight excluding hydrogens is 357 g/mol. The molecule has 1 amide bonds. The van der Waals surface area contributed by atoms with Crippen molar-refractivity contribution in [3.05, 3.63) is 27.8 Å². The van der Waals surface area contributed by atoms with Crippen LogP contribution in [-0.2, 0) is 9.59 Å². The molecule has 102 valence electrons. The molecule has 0 aromatic heterocycles. The molecule has 0 heterocycles. The first-order chi connectivity index (χ1) is 9.03. The lowest BCUT2D eigenvalue weighted by Gasteiger charge is -2.23. The molecule has 1 aliphatic rings. The summed E-state index contributed by atoms with van der Waals surface area (Å²) in [5.41, 5.74) is -0.115. The van der Waals surface area contributed by atoms with Crippen molar-refractivity contribution in [3.63, 3.8) is 0 Å². The third-order valence-corrected chi connectivity index (χ3v) is 4.60. The molecule has 0 radical (unpaired) electrons. The topological polar surface area (TPSA) is 66.4 Å². The fourth-order valence-corrected chi connectivity index (χ4v) is 3.10. The van der Waals surface area contributed by atoms with E-state index in [2.05, 4.69) is 27.9 Å². The Bertz CT molecular complexity index is 495. The summed E-state index contributed by atoms with van der Waals surface area (Å²) in [7, 11) is 0. The number of carbonyl (C=O) groups is 2. The molecule has 0 bridgehead atoms. The van der Waals surface area contributed by atoms with E-state index in [-0.39, 0.29) is 12.3 Å². The van der Waals surface area contributed by atoms with Crippen LogP contribution in [0, 0.1) is 8.99 Å². The summed E-state index contributed by atoms with van der Waals surface area (Å²) >= 11 is 2.14. The predicted octanol–water partition coefficient (Wildman–Crippen LogP) is 3.26. The van der Waals surface area contributed by atoms with Gasteiger partial charge in [-0.3, -0.25) is 9.59 Å². The van der Waals surface area contributed by atoms with Gasteiger partial charge in [-0.1, -0.05) is 25.0 Å². The lowest BCUT2D eigenvalue weighted by molar-refractivity contribution is -0.150. The van der Waals surface area contributed by atoms with Crippen molar-refractivity contribution in [3.8, 4) is 0 Å². The van der Waals surface area contributed by atoms with Crippen LogP contribution in [0.1, 0.15) is 32.1 Å². The summed E-state index contributed by atoms with van der Waals surface area (Å²) < 4.78 is 0.948. The van der Waals surface area contributed by atoms with Crippen LogP contribution in [0.5, 0.6) is 0 Å². The average Bonchev–Trinajstić information content (AvgIpc) is 2.82. The highest BCUT2D eigenvalue weighted by Crippen LogP contribution is 2.41. The Labute approximate surface area is 125 Å². The first-order valence-corrected chi connectivity index (χ1v) is 7.39. The predicted molar refractivity (Wildman–Crippen MR) is 80.9 cm³/mol. The SMILES string of the molecule is O=C(CC1(C(=O)O)CCCC1)Nc1ccccc1I. The second kappa shape index (κ2) is 5.90. The number of hydrogen-bond donors (Lipinski definition) is 2. The summed E-state index contributed by atoms with van der Waals surface area (Å²) in [6, 6.07) is 7.47. The Morgan fingerprint density at radius 2 is 1.89 bits per heavy atom. The lowest BCUT2D eigenvalue weighted by Crippen LogP contribution is -2.32. The van der Waals surface area contributed by atoms with Gasteiger partial charge in [0.15, 0.2) is 0 Å². The maximum atomic E-state index is 12.1. The molecule has 2 N–H and O–H groups in total. The van der Waals surface area contributed by atoms with Gasteiger partial charge in [0.05, 0.1) is 11.1 Å². The smallest absolute Gasteiger partial charge is 0.310 e. The number of carboxylic acid groups (broad SMARTS) is 1. The second-order valence-electron chi connectivity index (χ2n) is 5.00. The van der Waals surface area contributed by atoms with E-state index in [1.807, 2.05) is 24.3 Å².